The molecule has 0 aliphatic rings. The zero-order chi connectivity index (χ0) is 10.4. The van der Waals surface area contributed by atoms with Crippen LogP contribution in [0.2, 0.25) is 0 Å². The van der Waals surface area contributed by atoms with Crippen molar-refractivity contribution in [2.45, 2.75) is 6.04 Å². The van der Waals surface area contributed by atoms with Crippen LogP contribution in [0.1, 0.15) is 11.6 Å². The topological polar surface area (TPSA) is 58.2 Å². The highest BCUT2D eigenvalue weighted by Crippen LogP contribution is 2.08. The summed E-state index contributed by atoms with van der Waals surface area (Å²) in [5.74, 6) is 0. The molecular weight excluding hydrogens is 180 g/mol. The highest BCUT2D eigenvalue weighted by Gasteiger charge is 2.12. The molecule has 1 atom stereocenters. The maximum absolute atomic E-state index is 11.0. The van der Waals surface area contributed by atoms with E-state index in [9.17, 15) is 9.59 Å². The van der Waals surface area contributed by atoms with Crippen LogP contribution in [0.5, 0.6) is 0 Å². The van der Waals surface area contributed by atoms with Gasteiger partial charge in [-0.2, -0.15) is 0 Å². The maximum Gasteiger partial charge on any atom is 0.315 e. The monoisotopic (exact) mass is 191 g/mol. The summed E-state index contributed by atoms with van der Waals surface area (Å²) in [5.41, 5.74) is 0.714. The molecule has 0 aliphatic heterocycles. The van der Waals surface area contributed by atoms with E-state index >= 15 is 0 Å². The van der Waals surface area contributed by atoms with Gasteiger partial charge in [-0.3, -0.25) is 4.79 Å². The second-order valence-corrected chi connectivity index (χ2v) is 2.69. The van der Waals surface area contributed by atoms with Crippen molar-refractivity contribution in [3.63, 3.8) is 0 Å². The number of nitrogens with one attached hydrogen (secondary N) is 2. The fourth-order valence-electron chi connectivity index (χ4n) is 1.03. The van der Waals surface area contributed by atoms with Crippen molar-refractivity contribution in [2.24, 2.45) is 0 Å². The Morgan fingerprint density at radius 3 is 2.50 bits per heavy atom. The molecule has 1 aromatic carbocycles. The fraction of sp³-hybridized carbons (Fsp3) is 0.200. The zero-order valence-corrected chi connectivity index (χ0v) is 7.78. The molecular formula is C10H11N2O2. The third-order valence-electron chi connectivity index (χ3n) is 1.75. The number of benzene rings is 1. The van der Waals surface area contributed by atoms with E-state index in [0.29, 0.717) is 5.56 Å². The van der Waals surface area contributed by atoms with Crippen molar-refractivity contribution in [3.8, 4) is 0 Å². The van der Waals surface area contributed by atoms with Crippen LogP contribution < -0.4 is 10.6 Å². The van der Waals surface area contributed by atoms with Gasteiger partial charge in [0, 0.05) is 7.05 Å². The first-order chi connectivity index (χ1) is 6.77. The van der Waals surface area contributed by atoms with Gasteiger partial charge >= 0.3 is 6.03 Å². The SMILES string of the molecule is CNC(=O)NC([C]=O)c1ccccc1. The molecule has 1 unspecified atom stereocenters. The molecule has 73 valence electrons. The number of amides is 2. The van der Waals surface area contributed by atoms with E-state index in [4.69, 9.17) is 0 Å². The van der Waals surface area contributed by atoms with Crippen LogP contribution in [-0.2, 0) is 4.79 Å². The lowest BCUT2D eigenvalue weighted by Crippen LogP contribution is -2.36. The number of hydrogen-bond donors (Lipinski definition) is 2. The largest absolute Gasteiger partial charge is 0.341 e. The first kappa shape index (κ1) is 10.2. The number of rotatable bonds is 3. The summed E-state index contributed by atoms with van der Waals surface area (Å²) in [6, 6.07) is 7.83. The lowest BCUT2D eigenvalue weighted by atomic mass is 10.1. The summed E-state index contributed by atoms with van der Waals surface area (Å²) in [5, 5.41) is 4.83. The molecule has 0 fully saturated rings. The van der Waals surface area contributed by atoms with Crippen molar-refractivity contribution in [1.29, 1.82) is 0 Å². The Morgan fingerprint density at radius 1 is 1.36 bits per heavy atom. The molecule has 0 bridgehead atoms. The molecule has 1 radical (unpaired) electrons. The average molecular weight is 191 g/mol. The van der Waals surface area contributed by atoms with E-state index in [1.165, 1.54) is 7.05 Å². The number of urea groups is 1. The Morgan fingerprint density at radius 2 is 2.00 bits per heavy atom. The van der Waals surface area contributed by atoms with Gasteiger partial charge in [0.2, 0.25) is 6.29 Å². The first-order valence-corrected chi connectivity index (χ1v) is 4.18. The smallest absolute Gasteiger partial charge is 0.315 e. The maximum atomic E-state index is 11.0. The minimum Gasteiger partial charge on any atom is -0.341 e. The van der Waals surface area contributed by atoms with Crippen LogP contribution in [0.15, 0.2) is 30.3 Å². The molecule has 1 rings (SSSR count). The molecule has 14 heavy (non-hydrogen) atoms. The predicted molar refractivity (Wildman–Crippen MR) is 52.5 cm³/mol. The normalized spacial score (nSPS) is 11.5. The van der Waals surface area contributed by atoms with Crippen LogP contribution in [0.25, 0.3) is 0 Å². The van der Waals surface area contributed by atoms with Crippen LogP contribution in [-0.4, -0.2) is 19.4 Å². The minimum absolute atomic E-state index is 0.401. The van der Waals surface area contributed by atoms with E-state index in [2.05, 4.69) is 10.6 Å². The molecule has 2 amide bonds. The third-order valence-corrected chi connectivity index (χ3v) is 1.75. The van der Waals surface area contributed by atoms with Gasteiger partial charge in [0.05, 0.1) is 0 Å². The molecule has 4 nitrogen and oxygen atoms in total. The summed E-state index contributed by atoms with van der Waals surface area (Å²) in [7, 11) is 1.49. The fourth-order valence-corrected chi connectivity index (χ4v) is 1.03. The second kappa shape index (κ2) is 5.01. The van der Waals surface area contributed by atoms with Crippen molar-refractivity contribution in [2.75, 3.05) is 7.05 Å². The van der Waals surface area contributed by atoms with Gasteiger partial charge in [-0.1, -0.05) is 30.3 Å². The van der Waals surface area contributed by atoms with Crippen molar-refractivity contribution in [3.05, 3.63) is 35.9 Å². The molecule has 0 spiro atoms. The van der Waals surface area contributed by atoms with Gasteiger partial charge in [-0.25, -0.2) is 4.79 Å². The number of hydrogen-bond acceptors (Lipinski definition) is 2. The average Bonchev–Trinajstić information content (AvgIpc) is 2.26. The Bertz CT molecular complexity index is 311. The number of carbonyl (C=O) groups is 1. The summed E-state index contributed by atoms with van der Waals surface area (Å²) in [4.78, 5) is 21.5. The van der Waals surface area contributed by atoms with Crippen LogP contribution >= 0.6 is 0 Å². The molecule has 2 N–H and O–H groups in total. The highest BCUT2D eigenvalue weighted by molar-refractivity contribution is 5.78. The Balaban J connectivity index is 2.73. The van der Waals surface area contributed by atoms with E-state index in [-0.39, 0.29) is 0 Å². The van der Waals surface area contributed by atoms with Crippen LogP contribution in [0.3, 0.4) is 0 Å². The van der Waals surface area contributed by atoms with Gasteiger partial charge in [-0.15, -0.1) is 0 Å². The van der Waals surface area contributed by atoms with Gasteiger partial charge in [0.15, 0.2) is 0 Å². The molecule has 4 heteroatoms. The predicted octanol–water partition coefficient (Wildman–Crippen LogP) is 0.766. The lowest BCUT2D eigenvalue weighted by Gasteiger charge is -2.11. The van der Waals surface area contributed by atoms with Gasteiger partial charge in [0.1, 0.15) is 6.04 Å². The number of carbonyl (C=O) groups excluding carboxylic acids is 2. The Labute approximate surface area is 82.3 Å². The molecule has 1 aromatic rings. The molecule has 0 saturated heterocycles. The van der Waals surface area contributed by atoms with Gasteiger partial charge in [0.25, 0.3) is 0 Å². The van der Waals surface area contributed by atoms with E-state index in [1.54, 1.807) is 30.6 Å². The van der Waals surface area contributed by atoms with Gasteiger partial charge < -0.3 is 10.6 Å². The van der Waals surface area contributed by atoms with Crippen molar-refractivity contribution < 1.29 is 9.59 Å². The highest BCUT2D eigenvalue weighted by atomic mass is 16.2. The second-order valence-electron chi connectivity index (χ2n) is 2.69. The first-order valence-electron chi connectivity index (χ1n) is 4.18. The van der Waals surface area contributed by atoms with Gasteiger partial charge in [-0.05, 0) is 5.56 Å². The molecule has 0 saturated carbocycles. The molecule has 0 heterocycles. The minimum atomic E-state index is -0.712. The third kappa shape index (κ3) is 2.58. The van der Waals surface area contributed by atoms with Crippen molar-refractivity contribution in [1.82, 2.24) is 10.6 Å². The van der Waals surface area contributed by atoms with E-state index < -0.39 is 12.1 Å². The standard InChI is InChI=1S/C10H11N2O2/c1-11-10(14)12-9(7-13)8-5-3-2-4-6-8/h2-6,9H,1H3,(H2,11,12,14). The quantitative estimate of drug-likeness (QED) is 0.741. The van der Waals surface area contributed by atoms with Crippen LogP contribution in [0, 0.1) is 0 Å². The Kier molecular flexibility index (Phi) is 3.67. The lowest BCUT2D eigenvalue weighted by molar-refractivity contribution is 0.241. The van der Waals surface area contributed by atoms with Crippen molar-refractivity contribution >= 4 is 12.3 Å². The Hall–Kier alpha value is -1.84. The summed E-state index contributed by atoms with van der Waals surface area (Å²) in [6.07, 6.45) is 1.76. The summed E-state index contributed by atoms with van der Waals surface area (Å²) in [6.45, 7) is 0. The summed E-state index contributed by atoms with van der Waals surface area (Å²) < 4.78 is 0. The summed E-state index contributed by atoms with van der Waals surface area (Å²) >= 11 is 0. The van der Waals surface area contributed by atoms with E-state index in [0.717, 1.165) is 0 Å². The molecule has 0 aliphatic carbocycles. The van der Waals surface area contributed by atoms with Crippen LogP contribution in [0.4, 0.5) is 4.79 Å². The zero-order valence-electron chi connectivity index (χ0n) is 7.78. The molecule has 0 aromatic heterocycles. The van der Waals surface area contributed by atoms with E-state index in [1.807, 2.05) is 6.07 Å².